The number of hydrogen-bond donors (Lipinski definition) is 0. The van der Waals surface area contributed by atoms with Crippen molar-refractivity contribution in [3.63, 3.8) is 0 Å². The molecule has 0 bridgehead atoms. The van der Waals surface area contributed by atoms with Gasteiger partial charge < -0.3 is 24.3 Å². The number of carbonyl (C=O) groups excluding carboxylic acids is 1. The molecule has 3 saturated heterocycles. The molecule has 1 atom stereocenters. The Morgan fingerprint density at radius 2 is 1.79 bits per heavy atom. The molecule has 0 N–H and O–H groups in total. The van der Waals surface area contributed by atoms with Crippen LogP contribution in [-0.2, 0) is 17.8 Å². The van der Waals surface area contributed by atoms with Gasteiger partial charge in [-0.05, 0) is 69.8 Å². The Labute approximate surface area is 312 Å². The van der Waals surface area contributed by atoms with E-state index in [0.717, 1.165) is 110 Å². The molecule has 2 aromatic carbocycles. The first-order valence-electron chi connectivity index (χ1n) is 19.1. The Kier molecular flexibility index (Phi) is 10.3. The molecule has 1 amide bonds. The van der Waals surface area contributed by atoms with Crippen molar-refractivity contribution in [2.24, 2.45) is 0 Å². The second-order valence-electron chi connectivity index (χ2n) is 15.2. The van der Waals surface area contributed by atoms with Crippen molar-refractivity contribution >= 4 is 39.8 Å². The van der Waals surface area contributed by atoms with Crippen LogP contribution in [0.5, 0.6) is 6.01 Å². The lowest BCUT2D eigenvalue weighted by atomic mass is 10.0. The third-order valence-electron chi connectivity index (χ3n) is 11.9. The van der Waals surface area contributed by atoms with E-state index in [9.17, 15) is 10.1 Å². The van der Waals surface area contributed by atoms with Gasteiger partial charge in [-0.2, -0.15) is 15.2 Å². The molecule has 4 fully saturated rings. The Hall–Kier alpha value is -3.95. The highest BCUT2D eigenvalue weighted by Crippen LogP contribution is 2.43. The number of likely N-dealkylation sites (tertiary alicyclic amines) is 1. The summed E-state index contributed by atoms with van der Waals surface area (Å²) in [5, 5.41) is 12.7. The lowest BCUT2D eigenvalue weighted by molar-refractivity contribution is -0.128. The first-order valence-corrected chi connectivity index (χ1v) is 19.5. The van der Waals surface area contributed by atoms with E-state index in [4.69, 9.17) is 26.3 Å². The summed E-state index contributed by atoms with van der Waals surface area (Å²) in [5.74, 6) is 0.857. The summed E-state index contributed by atoms with van der Waals surface area (Å²) in [6, 6.07) is 14.9. The molecule has 5 heterocycles. The fourth-order valence-electron chi connectivity index (χ4n) is 8.62. The van der Waals surface area contributed by atoms with Gasteiger partial charge in [0, 0.05) is 81.6 Å². The number of aromatic nitrogens is 2. The van der Waals surface area contributed by atoms with Crippen molar-refractivity contribution in [3.05, 3.63) is 64.8 Å². The molecule has 1 aliphatic carbocycles. The van der Waals surface area contributed by atoms with Gasteiger partial charge in [0.05, 0.1) is 41.3 Å². The molecule has 1 saturated carbocycles. The number of rotatable bonds is 10. The lowest BCUT2D eigenvalue weighted by Crippen LogP contribution is -2.55. The third kappa shape index (κ3) is 7.31. The highest BCUT2D eigenvalue weighted by molar-refractivity contribution is 6.36. The summed E-state index contributed by atoms with van der Waals surface area (Å²) < 4.78 is 6.59. The van der Waals surface area contributed by atoms with Crippen molar-refractivity contribution in [2.75, 3.05) is 95.4 Å². The minimum absolute atomic E-state index is 0.0177. The molecule has 3 aromatic rings. The van der Waals surface area contributed by atoms with Gasteiger partial charge >= 0.3 is 6.01 Å². The van der Waals surface area contributed by atoms with E-state index < -0.39 is 0 Å². The van der Waals surface area contributed by atoms with Gasteiger partial charge in [-0.25, -0.2) is 0 Å². The zero-order valence-electron chi connectivity index (χ0n) is 30.4. The summed E-state index contributed by atoms with van der Waals surface area (Å²) in [6.07, 6.45) is 9.42. The molecule has 274 valence electrons. The number of benzene rings is 2. The fraction of sp³-hybridized carbons (Fsp3) is 0.550. The topological polar surface area (TPSA) is 95.3 Å². The average molecular weight is 724 g/mol. The SMILES string of the molecule is CN1CCN(C2(COc3nc4c(c(N5CCN(C(=O)/C=C/CN6CCCC6)[C@@H](CC#N)C5)n3)CCN(c3cccc5cccc(Cl)c35)C4)CC2)CC1. The van der Waals surface area contributed by atoms with E-state index in [2.05, 4.69) is 61.9 Å². The van der Waals surface area contributed by atoms with Crippen molar-refractivity contribution in [1.29, 1.82) is 5.26 Å². The highest BCUT2D eigenvalue weighted by Gasteiger charge is 2.49. The van der Waals surface area contributed by atoms with E-state index >= 15 is 0 Å². The Balaban J connectivity index is 1.06. The predicted octanol–water partition coefficient (Wildman–Crippen LogP) is 4.59. The maximum atomic E-state index is 13.4. The number of ether oxygens (including phenoxy) is 1. The van der Waals surface area contributed by atoms with E-state index in [0.29, 0.717) is 38.8 Å². The van der Waals surface area contributed by atoms with E-state index in [1.807, 2.05) is 23.1 Å². The highest BCUT2D eigenvalue weighted by atomic mass is 35.5. The second-order valence-corrected chi connectivity index (χ2v) is 15.7. The molecular weight excluding hydrogens is 674 g/mol. The average Bonchev–Trinajstić information content (AvgIpc) is 3.78. The predicted molar refractivity (Wildman–Crippen MR) is 205 cm³/mol. The van der Waals surface area contributed by atoms with Crippen LogP contribution in [0.2, 0.25) is 5.02 Å². The number of nitrogens with zero attached hydrogens (tertiary/aromatic N) is 9. The van der Waals surface area contributed by atoms with Gasteiger partial charge in [0.15, 0.2) is 0 Å². The molecule has 8 rings (SSSR count). The largest absolute Gasteiger partial charge is 0.461 e. The van der Waals surface area contributed by atoms with Crippen LogP contribution in [0.4, 0.5) is 11.5 Å². The normalized spacial score (nSPS) is 22.6. The quantitative estimate of drug-likeness (QED) is 0.277. The zero-order valence-corrected chi connectivity index (χ0v) is 31.1. The van der Waals surface area contributed by atoms with Crippen LogP contribution in [0.3, 0.4) is 0 Å². The van der Waals surface area contributed by atoms with Gasteiger partial charge in [-0.3, -0.25) is 14.6 Å². The molecule has 1 aromatic heterocycles. The smallest absolute Gasteiger partial charge is 0.318 e. The van der Waals surface area contributed by atoms with Crippen LogP contribution in [-0.4, -0.2) is 133 Å². The second kappa shape index (κ2) is 15.2. The summed E-state index contributed by atoms with van der Waals surface area (Å²) in [7, 11) is 2.19. The fourth-order valence-corrected chi connectivity index (χ4v) is 8.90. The first kappa shape index (κ1) is 35.1. The Morgan fingerprint density at radius 3 is 2.56 bits per heavy atom. The molecule has 0 spiro atoms. The molecule has 5 aliphatic rings. The van der Waals surface area contributed by atoms with Gasteiger partial charge in [0.25, 0.3) is 0 Å². The molecule has 0 radical (unpaired) electrons. The number of fused-ring (bicyclic) bond motifs is 2. The van der Waals surface area contributed by atoms with Crippen LogP contribution in [0.15, 0.2) is 48.6 Å². The Morgan fingerprint density at radius 1 is 1.00 bits per heavy atom. The van der Waals surface area contributed by atoms with Crippen LogP contribution in [0.1, 0.15) is 43.4 Å². The summed E-state index contributed by atoms with van der Waals surface area (Å²) in [5.41, 5.74) is 3.23. The number of halogens is 1. The van der Waals surface area contributed by atoms with Crippen molar-refractivity contribution in [3.8, 4) is 12.1 Å². The lowest BCUT2D eigenvalue weighted by Gasteiger charge is -2.42. The van der Waals surface area contributed by atoms with Crippen LogP contribution >= 0.6 is 11.6 Å². The molecule has 52 heavy (non-hydrogen) atoms. The first-order chi connectivity index (χ1) is 25.4. The number of anilines is 2. The monoisotopic (exact) mass is 723 g/mol. The molecule has 0 unspecified atom stereocenters. The minimum Gasteiger partial charge on any atom is -0.461 e. The van der Waals surface area contributed by atoms with E-state index in [1.165, 1.54) is 12.8 Å². The molecule has 4 aliphatic heterocycles. The number of nitriles is 1. The van der Waals surface area contributed by atoms with Crippen LogP contribution in [0, 0.1) is 11.3 Å². The van der Waals surface area contributed by atoms with E-state index in [1.54, 1.807) is 6.08 Å². The molecule has 11 nitrogen and oxygen atoms in total. The summed E-state index contributed by atoms with van der Waals surface area (Å²) in [6.45, 7) is 10.9. The van der Waals surface area contributed by atoms with Crippen molar-refractivity contribution < 1.29 is 9.53 Å². The standard InChI is InChI=1S/C40H50ClN9O2/c1-45-21-24-49(25-22-45)40(14-15-40)29-52-39-43-34-28-47(35-10-5-8-30-7-4-9-33(41)37(30)35)20-13-32(34)38(44-39)48-23-26-50(31(27-48)12-16-42)36(51)11-6-19-46-17-2-3-18-46/h4-11,31H,2-3,12-15,17-29H2,1H3/b11-6+/t31-/m0/s1. The van der Waals surface area contributed by atoms with Crippen molar-refractivity contribution in [1.82, 2.24) is 29.6 Å². The molecule has 12 heteroatoms. The van der Waals surface area contributed by atoms with Gasteiger partial charge in [-0.1, -0.05) is 41.9 Å². The van der Waals surface area contributed by atoms with Crippen LogP contribution in [0.25, 0.3) is 10.8 Å². The summed E-state index contributed by atoms with van der Waals surface area (Å²) >= 11 is 6.78. The number of amides is 1. The van der Waals surface area contributed by atoms with E-state index in [-0.39, 0.29) is 23.9 Å². The third-order valence-corrected chi connectivity index (χ3v) is 12.2. The summed E-state index contributed by atoms with van der Waals surface area (Å²) in [4.78, 5) is 37.6. The van der Waals surface area contributed by atoms with Gasteiger partial charge in [-0.15, -0.1) is 0 Å². The molecular formula is C40H50ClN9O2. The number of hydrogen-bond acceptors (Lipinski definition) is 10. The number of piperazine rings is 2. The zero-order chi connectivity index (χ0) is 35.7. The van der Waals surface area contributed by atoms with Gasteiger partial charge in [0.2, 0.25) is 5.91 Å². The number of likely N-dealkylation sites (N-methyl/N-ethyl adjacent to an activating group) is 1. The number of carbonyl (C=O) groups is 1. The van der Waals surface area contributed by atoms with Crippen molar-refractivity contribution in [2.45, 2.75) is 56.7 Å². The maximum Gasteiger partial charge on any atom is 0.318 e. The van der Waals surface area contributed by atoms with Gasteiger partial charge in [0.1, 0.15) is 12.4 Å². The maximum absolute atomic E-state index is 13.4. The Bertz CT molecular complexity index is 1840. The minimum atomic E-state index is -0.234. The van der Waals surface area contributed by atoms with Crippen LogP contribution < -0.4 is 14.5 Å².